The minimum atomic E-state index is -1.12. The van der Waals surface area contributed by atoms with Crippen molar-refractivity contribution in [2.24, 2.45) is 5.10 Å². The van der Waals surface area contributed by atoms with Crippen LogP contribution < -0.4 is 10.3 Å². The summed E-state index contributed by atoms with van der Waals surface area (Å²) in [5.41, 5.74) is 0.663. The van der Waals surface area contributed by atoms with E-state index in [4.69, 9.17) is 21.4 Å². The van der Waals surface area contributed by atoms with E-state index in [0.717, 1.165) is 4.47 Å². The zero-order chi connectivity index (χ0) is 22.0. The number of halogens is 3. The molecule has 0 aliphatic rings. The number of carbonyl (C=O) groups is 1. The molecule has 0 amide bonds. The van der Waals surface area contributed by atoms with Gasteiger partial charge in [0.1, 0.15) is 11.6 Å². The highest BCUT2D eigenvalue weighted by atomic mass is 79.9. The van der Waals surface area contributed by atoms with Gasteiger partial charge < -0.3 is 9.84 Å². The number of fused-ring (bicyclic) bond motifs is 1. The van der Waals surface area contributed by atoms with E-state index in [2.05, 4.69) is 41.9 Å². The summed E-state index contributed by atoms with van der Waals surface area (Å²) in [4.78, 5) is 28.6. The summed E-state index contributed by atoms with van der Waals surface area (Å²) in [5.74, 6) is -0.458. The van der Waals surface area contributed by atoms with Crippen LogP contribution in [0.25, 0.3) is 10.9 Å². The Morgan fingerprint density at radius 1 is 1.33 bits per heavy atom. The molecule has 7 nitrogen and oxygen atoms in total. The van der Waals surface area contributed by atoms with Crippen molar-refractivity contribution < 1.29 is 14.6 Å². The summed E-state index contributed by atoms with van der Waals surface area (Å²) in [6.07, 6.45) is 1.40. The van der Waals surface area contributed by atoms with E-state index in [0.29, 0.717) is 31.8 Å². The molecule has 0 radical (unpaired) electrons. The highest BCUT2D eigenvalue weighted by Crippen LogP contribution is 2.32. The first-order valence-electron chi connectivity index (χ1n) is 8.77. The monoisotopic (exact) mass is 555 g/mol. The number of hydrogen-bond acceptors (Lipinski definition) is 5. The second-order valence-corrected chi connectivity index (χ2v) is 8.84. The van der Waals surface area contributed by atoms with E-state index in [1.807, 2.05) is 19.9 Å². The van der Waals surface area contributed by atoms with Gasteiger partial charge in [0.25, 0.3) is 5.56 Å². The van der Waals surface area contributed by atoms with Gasteiger partial charge in [-0.2, -0.15) is 9.78 Å². The maximum absolute atomic E-state index is 13.1. The van der Waals surface area contributed by atoms with Gasteiger partial charge in [-0.25, -0.2) is 9.78 Å². The Hall–Kier alpha value is -2.23. The lowest BCUT2D eigenvalue weighted by Crippen LogP contribution is -2.23. The van der Waals surface area contributed by atoms with Crippen molar-refractivity contribution in [1.82, 2.24) is 9.66 Å². The predicted octanol–water partition coefficient (Wildman–Crippen LogP) is 5.04. The maximum Gasteiger partial charge on any atom is 0.341 e. The van der Waals surface area contributed by atoms with Gasteiger partial charge >= 0.3 is 5.97 Å². The van der Waals surface area contributed by atoms with Crippen LogP contribution in [0.3, 0.4) is 0 Å². The molecule has 1 N–H and O–H groups in total. The van der Waals surface area contributed by atoms with Gasteiger partial charge in [-0.05, 0) is 46.3 Å². The molecule has 0 spiro atoms. The number of carboxylic acids is 1. The molecule has 0 bridgehead atoms. The van der Waals surface area contributed by atoms with Crippen LogP contribution in [0.5, 0.6) is 5.75 Å². The molecule has 1 aromatic heterocycles. The van der Waals surface area contributed by atoms with E-state index in [1.54, 1.807) is 24.3 Å². The van der Waals surface area contributed by atoms with Gasteiger partial charge in [0, 0.05) is 21.0 Å². The van der Waals surface area contributed by atoms with E-state index in [1.165, 1.54) is 10.9 Å². The Labute approximate surface area is 193 Å². The van der Waals surface area contributed by atoms with Crippen LogP contribution in [0.2, 0.25) is 5.02 Å². The summed E-state index contributed by atoms with van der Waals surface area (Å²) in [6, 6.07) is 8.43. The quantitative estimate of drug-likeness (QED) is 0.429. The maximum atomic E-state index is 13.1. The van der Waals surface area contributed by atoms with E-state index in [-0.39, 0.29) is 17.2 Å². The third-order valence-corrected chi connectivity index (χ3v) is 5.34. The SMILES string of the molecule is CC(C)c1nc2ccc(Br)cc2c(=O)n1N=Cc1cc(Cl)cc(Br)c1OCC(=O)O. The first-order chi connectivity index (χ1) is 14.2. The number of hydrogen-bond donors (Lipinski definition) is 1. The number of aliphatic carboxylic acids is 1. The number of aromatic nitrogens is 2. The smallest absolute Gasteiger partial charge is 0.341 e. The number of benzene rings is 2. The second kappa shape index (κ2) is 9.28. The summed E-state index contributed by atoms with van der Waals surface area (Å²) < 4.78 is 7.81. The van der Waals surface area contributed by atoms with E-state index in [9.17, 15) is 9.59 Å². The van der Waals surface area contributed by atoms with Crippen molar-refractivity contribution in [3.05, 3.63) is 66.0 Å². The van der Waals surface area contributed by atoms with Crippen LogP contribution in [-0.2, 0) is 4.79 Å². The summed E-state index contributed by atoms with van der Waals surface area (Å²) >= 11 is 12.8. The molecule has 0 atom stereocenters. The van der Waals surface area contributed by atoms with Crippen LogP contribution in [0.4, 0.5) is 0 Å². The van der Waals surface area contributed by atoms with Crippen LogP contribution in [0.1, 0.15) is 31.2 Å². The normalized spacial score (nSPS) is 11.5. The third kappa shape index (κ3) is 4.91. The van der Waals surface area contributed by atoms with Gasteiger partial charge in [0.05, 0.1) is 21.6 Å². The Balaban J connectivity index is 2.16. The van der Waals surface area contributed by atoms with Gasteiger partial charge in [-0.1, -0.05) is 41.4 Å². The number of nitrogens with zero attached hydrogens (tertiary/aromatic N) is 3. The first-order valence-corrected chi connectivity index (χ1v) is 10.7. The van der Waals surface area contributed by atoms with Gasteiger partial charge in [0.2, 0.25) is 0 Å². The lowest BCUT2D eigenvalue weighted by Gasteiger charge is -2.13. The lowest BCUT2D eigenvalue weighted by molar-refractivity contribution is -0.139. The molecule has 0 aliphatic carbocycles. The van der Waals surface area contributed by atoms with Gasteiger partial charge in [0.15, 0.2) is 6.61 Å². The molecule has 0 saturated heterocycles. The highest BCUT2D eigenvalue weighted by molar-refractivity contribution is 9.10. The van der Waals surface area contributed by atoms with Crippen molar-refractivity contribution in [1.29, 1.82) is 0 Å². The Morgan fingerprint density at radius 2 is 2.07 bits per heavy atom. The topological polar surface area (TPSA) is 93.8 Å². The molecule has 2 aromatic carbocycles. The van der Waals surface area contributed by atoms with Crippen molar-refractivity contribution in [3.63, 3.8) is 0 Å². The predicted molar refractivity (Wildman–Crippen MR) is 123 cm³/mol. The van der Waals surface area contributed by atoms with Crippen molar-refractivity contribution in [2.75, 3.05) is 6.61 Å². The molecule has 0 unspecified atom stereocenters. The molecule has 0 fully saturated rings. The first kappa shape index (κ1) is 22.5. The van der Waals surface area contributed by atoms with Crippen LogP contribution >= 0.6 is 43.5 Å². The average Bonchev–Trinajstić information content (AvgIpc) is 2.66. The number of carboxylic acid groups (broad SMARTS) is 1. The fraction of sp³-hybridized carbons (Fsp3) is 0.200. The van der Waals surface area contributed by atoms with Crippen LogP contribution in [0, 0.1) is 0 Å². The molecule has 3 aromatic rings. The Bertz CT molecular complexity index is 1220. The average molecular weight is 558 g/mol. The standard InChI is InChI=1S/C20H16Br2ClN3O4/c1-10(2)19-25-16-4-3-12(21)6-14(16)20(29)26(19)24-8-11-5-13(23)7-15(22)18(11)30-9-17(27)28/h3-8,10H,9H2,1-2H3,(H,27,28). The van der Waals surface area contributed by atoms with Crippen LogP contribution in [-0.4, -0.2) is 33.6 Å². The highest BCUT2D eigenvalue weighted by Gasteiger charge is 2.15. The molecule has 1 heterocycles. The minimum Gasteiger partial charge on any atom is -0.480 e. The fourth-order valence-electron chi connectivity index (χ4n) is 2.73. The third-order valence-electron chi connectivity index (χ3n) is 4.04. The Morgan fingerprint density at radius 3 is 2.73 bits per heavy atom. The Kier molecular flexibility index (Phi) is 6.95. The van der Waals surface area contributed by atoms with Crippen molar-refractivity contribution >= 4 is 66.5 Å². The van der Waals surface area contributed by atoms with E-state index >= 15 is 0 Å². The molecule has 30 heavy (non-hydrogen) atoms. The lowest BCUT2D eigenvalue weighted by atomic mass is 10.2. The molecule has 0 saturated carbocycles. The van der Waals surface area contributed by atoms with E-state index < -0.39 is 12.6 Å². The van der Waals surface area contributed by atoms with Gasteiger partial charge in [-0.3, -0.25) is 4.79 Å². The zero-order valence-electron chi connectivity index (χ0n) is 15.9. The minimum absolute atomic E-state index is 0.0725. The molecular formula is C20H16Br2ClN3O4. The summed E-state index contributed by atoms with van der Waals surface area (Å²) in [6.45, 7) is 3.29. The van der Waals surface area contributed by atoms with Crippen molar-refractivity contribution in [2.45, 2.75) is 19.8 Å². The van der Waals surface area contributed by atoms with Crippen LogP contribution in [0.15, 0.2) is 49.2 Å². The molecule has 3 rings (SSSR count). The zero-order valence-corrected chi connectivity index (χ0v) is 19.8. The molecule has 156 valence electrons. The van der Waals surface area contributed by atoms with Gasteiger partial charge in [-0.15, -0.1) is 0 Å². The molecule has 0 aliphatic heterocycles. The van der Waals surface area contributed by atoms with Crippen molar-refractivity contribution in [3.8, 4) is 5.75 Å². The fourth-order valence-corrected chi connectivity index (χ4v) is 4.04. The summed E-state index contributed by atoms with van der Waals surface area (Å²) in [7, 11) is 0. The molecule has 10 heteroatoms. The second-order valence-electron chi connectivity index (χ2n) is 6.64. The number of ether oxygens (including phenoxy) is 1. The number of rotatable bonds is 6. The molecular weight excluding hydrogens is 541 g/mol. The largest absolute Gasteiger partial charge is 0.480 e. The summed E-state index contributed by atoms with van der Waals surface area (Å²) in [5, 5.41) is 14.1.